The second-order valence-corrected chi connectivity index (χ2v) is 11.2. The number of para-hydroxylation sites is 1. The molecule has 1 saturated heterocycles. The van der Waals surface area contributed by atoms with Crippen LogP contribution in [0.3, 0.4) is 0 Å². The van der Waals surface area contributed by atoms with Crippen LogP contribution in [0, 0.1) is 0 Å². The second kappa shape index (κ2) is 9.65. The number of carbonyl (C=O) groups is 2. The molecule has 0 unspecified atom stereocenters. The quantitative estimate of drug-likeness (QED) is 0.532. The lowest BCUT2D eigenvalue weighted by atomic mass is 10.1. The van der Waals surface area contributed by atoms with E-state index >= 15 is 0 Å². The Balaban J connectivity index is 1.54. The van der Waals surface area contributed by atoms with E-state index in [1.54, 1.807) is 60.6 Å². The summed E-state index contributed by atoms with van der Waals surface area (Å²) in [7, 11) is -0.636. The molecular weight excluding hydrogens is 499 g/mol. The first-order valence-electron chi connectivity index (χ1n) is 10.3. The van der Waals surface area contributed by atoms with Crippen LogP contribution in [0.25, 0.3) is 5.69 Å². The molecule has 0 spiro atoms. The van der Waals surface area contributed by atoms with Crippen LogP contribution in [0.1, 0.15) is 20.8 Å². The van der Waals surface area contributed by atoms with Crippen molar-refractivity contribution < 1.29 is 13.8 Å². The molecule has 0 bridgehead atoms. The molecule has 0 aliphatic carbocycles. The molecule has 2 heterocycles. The van der Waals surface area contributed by atoms with Crippen LogP contribution in [0.15, 0.2) is 53.0 Å². The van der Waals surface area contributed by atoms with E-state index < -0.39 is 15.6 Å². The van der Waals surface area contributed by atoms with Gasteiger partial charge in [0.2, 0.25) is 0 Å². The summed E-state index contributed by atoms with van der Waals surface area (Å²) in [6, 6.07) is 11.8. The standard InChI is InChI=1S/C22H22Cl2N6O3S/c1-26-34(33)11-9-29(10-12-34)22(32)14-5-7-15(8-6-14)27-18-13-30(28-19(18)21(25)31)20-16(23)3-2-4-17(20)24/h2-8,13,27H,9-12H2,1H3,(H2,25,31). The first-order valence-corrected chi connectivity index (χ1v) is 12.9. The van der Waals surface area contributed by atoms with Gasteiger partial charge in [-0.3, -0.25) is 9.59 Å². The van der Waals surface area contributed by atoms with E-state index in [0.29, 0.717) is 57.3 Å². The smallest absolute Gasteiger partial charge is 0.271 e. The highest BCUT2D eigenvalue weighted by atomic mass is 35.5. The number of nitrogens with one attached hydrogen (secondary N) is 1. The highest BCUT2D eigenvalue weighted by molar-refractivity contribution is 7.93. The molecule has 9 nitrogen and oxygen atoms in total. The van der Waals surface area contributed by atoms with Crippen molar-refractivity contribution in [2.75, 3.05) is 37.0 Å². The lowest BCUT2D eigenvalue weighted by molar-refractivity contribution is 0.0770. The van der Waals surface area contributed by atoms with Crippen molar-refractivity contribution in [1.82, 2.24) is 14.7 Å². The fourth-order valence-corrected chi connectivity index (χ4v) is 5.76. The molecule has 3 N–H and O–H groups in total. The van der Waals surface area contributed by atoms with Gasteiger partial charge >= 0.3 is 0 Å². The maximum absolute atomic E-state index is 12.8. The molecule has 1 aromatic heterocycles. The molecule has 2 amide bonds. The van der Waals surface area contributed by atoms with Gasteiger partial charge in [-0.1, -0.05) is 29.3 Å². The number of anilines is 2. The average molecular weight is 521 g/mol. The molecule has 0 atom stereocenters. The van der Waals surface area contributed by atoms with E-state index in [9.17, 15) is 13.8 Å². The SMILES string of the molecule is CN=S1(=O)CCN(C(=O)c2ccc(Nc3cn(-c4c(Cl)cccc4Cl)nc3C(N)=O)cc2)CC1. The number of aromatic nitrogens is 2. The monoisotopic (exact) mass is 520 g/mol. The van der Waals surface area contributed by atoms with Gasteiger partial charge in [0.05, 0.1) is 21.9 Å². The Bertz CT molecular complexity index is 1350. The van der Waals surface area contributed by atoms with E-state index in [-0.39, 0.29) is 11.6 Å². The summed E-state index contributed by atoms with van der Waals surface area (Å²) >= 11 is 12.5. The van der Waals surface area contributed by atoms with Gasteiger partial charge in [0.1, 0.15) is 5.69 Å². The Morgan fingerprint density at radius 3 is 2.26 bits per heavy atom. The predicted molar refractivity (Wildman–Crippen MR) is 134 cm³/mol. The van der Waals surface area contributed by atoms with Gasteiger partial charge in [0.25, 0.3) is 11.8 Å². The van der Waals surface area contributed by atoms with Crippen molar-refractivity contribution in [2.45, 2.75) is 0 Å². The van der Waals surface area contributed by atoms with E-state index in [4.69, 9.17) is 28.9 Å². The molecule has 178 valence electrons. The zero-order valence-corrected chi connectivity index (χ0v) is 20.5. The largest absolute Gasteiger partial charge is 0.364 e. The van der Waals surface area contributed by atoms with E-state index in [1.165, 1.54) is 4.68 Å². The van der Waals surface area contributed by atoms with Crippen LogP contribution >= 0.6 is 23.2 Å². The summed E-state index contributed by atoms with van der Waals surface area (Å²) < 4.78 is 17.7. The van der Waals surface area contributed by atoms with Crippen molar-refractivity contribution in [2.24, 2.45) is 10.1 Å². The minimum Gasteiger partial charge on any atom is -0.364 e. The number of nitrogens with zero attached hydrogens (tertiary/aromatic N) is 4. The highest BCUT2D eigenvalue weighted by Crippen LogP contribution is 2.30. The third kappa shape index (κ3) is 4.89. The molecule has 1 fully saturated rings. The van der Waals surface area contributed by atoms with Crippen LogP contribution in [0.2, 0.25) is 10.0 Å². The summed E-state index contributed by atoms with van der Waals surface area (Å²) in [5.41, 5.74) is 7.42. The Morgan fingerprint density at radius 2 is 1.71 bits per heavy atom. The van der Waals surface area contributed by atoms with E-state index in [0.717, 1.165) is 0 Å². The lowest BCUT2D eigenvalue weighted by Crippen LogP contribution is -2.43. The van der Waals surface area contributed by atoms with Crippen molar-refractivity contribution in [3.8, 4) is 5.69 Å². The number of benzene rings is 2. The Hall–Kier alpha value is -3.08. The first kappa shape index (κ1) is 24.1. The number of hydrogen-bond donors (Lipinski definition) is 2. The molecule has 0 radical (unpaired) electrons. The molecular formula is C22H22Cl2N6O3S. The summed E-state index contributed by atoms with van der Waals surface area (Å²) in [5.74, 6) is -0.103. The zero-order chi connectivity index (χ0) is 24.5. The minimum atomic E-state index is -2.19. The van der Waals surface area contributed by atoms with Crippen molar-refractivity contribution in [3.05, 3.63) is 70.0 Å². The highest BCUT2D eigenvalue weighted by Gasteiger charge is 2.24. The Labute approximate surface area is 207 Å². The summed E-state index contributed by atoms with van der Waals surface area (Å²) in [6.45, 7) is 0.807. The van der Waals surface area contributed by atoms with Gasteiger partial charge in [-0.05, 0) is 36.4 Å². The van der Waals surface area contributed by atoms with E-state index in [1.807, 2.05) is 0 Å². The van der Waals surface area contributed by atoms with Gasteiger partial charge < -0.3 is 16.0 Å². The predicted octanol–water partition coefficient (Wildman–Crippen LogP) is 3.58. The molecule has 0 saturated carbocycles. The summed E-state index contributed by atoms with van der Waals surface area (Å²) in [4.78, 5) is 26.5. The topological polar surface area (TPSA) is 123 Å². The summed E-state index contributed by atoms with van der Waals surface area (Å²) in [5, 5.41) is 8.07. The zero-order valence-electron chi connectivity index (χ0n) is 18.2. The molecule has 1 aliphatic heterocycles. The average Bonchev–Trinajstić information content (AvgIpc) is 3.23. The normalized spacial score (nSPS) is 15.1. The number of primary amides is 1. The molecule has 1 aliphatic rings. The van der Waals surface area contributed by atoms with Crippen LogP contribution in [-0.4, -0.2) is 62.3 Å². The third-order valence-electron chi connectivity index (χ3n) is 5.51. The number of hydrogen-bond acceptors (Lipinski definition) is 6. The van der Waals surface area contributed by atoms with Crippen LogP contribution in [0.4, 0.5) is 11.4 Å². The molecule has 3 aromatic rings. The minimum absolute atomic E-state index is 0.00870. The van der Waals surface area contributed by atoms with Gasteiger partial charge in [-0.2, -0.15) is 5.10 Å². The Kier molecular flexibility index (Phi) is 6.83. The van der Waals surface area contributed by atoms with Crippen molar-refractivity contribution in [3.63, 3.8) is 0 Å². The number of nitrogens with two attached hydrogens (primary N) is 1. The van der Waals surface area contributed by atoms with E-state index in [2.05, 4.69) is 14.8 Å². The van der Waals surface area contributed by atoms with Gasteiger partial charge in [0, 0.05) is 52.6 Å². The summed E-state index contributed by atoms with van der Waals surface area (Å²) in [6.07, 6.45) is 1.57. The number of carbonyl (C=O) groups excluding carboxylic acids is 2. The first-order chi connectivity index (χ1) is 16.2. The van der Waals surface area contributed by atoms with Crippen LogP contribution in [-0.2, 0) is 9.73 Å². The fourth-order valence-electron chi connectivity index (χ4n) is 3.61. The number of rotatable bonds is 5. The van der Waals surface area contributed by atoms with Crippen molar-refractivity contribution in [1.29, 1.82) is 0 Å². The molecule has 34 heavy (non-hydrogen) atoms. The van der Waals surface area contributed by atoms with Crippen molar-refractivity contribution >= 4 is 56.1 Å². The van der Waals surface area contributed by atoms with Crippen LogP contribution < -0.4 is 11.1 Å². The lowest BCUT2D eigenvalue weighted by Gasteiger charge is -2.28. The molecule has 12 heteroatoms. The van der Waals surface area contributed by atoms with Gasteiger partial charge in [-0.15, -0.1) is 0 Å². The third-order valence-corrected chi connectivity index (χ3v) is 8.42. The van der Waals surface area contributed by atoms with Gasteiger partial charge in [-0.25, -0.2) is 13.3 Å². The molecule has 4 rings (SSSR count). The maximum Gasteiger partial charge on any atom is 0.271 e. The number of amides is 2. The number of halogens is 2. The van der Waals surface area contributed by atoms with Crippen LogP contribution in [0.5, 0.6) is 0 Å². The fraction of sp³-hybridized carbons (Fsp3) is 0.227. The second-order valence-electron chi connectivity index (χ2n) is 7.63. The van der Waals surface area contributed by atoms with Gasteiger partial charge in [0.15, 0.2) is 5.69 Å². The maximum atomic E-state index is 12.8. The molecule has 2 aromatic carbocycles. The Morgan fingerprint density at radius 1 is 1.09 bits per heavy atom.